The molecule has 1 N–H and O–H groups in total. The van der Waals surface area contributed by atoms with Gasteiger partial charge in [0.25, 0.3) is 0 Å². The van der Waals surface area contributed by atoms with Gasteiger partial charge in [0.2, 0.25) is 0 Å². The molecule has 0 amide bonds. The van der Waals surface area contributed by atoms with Crippen molar-refractivity contribution in [3.8, 4) is 0 Å². The molecular formula is C16H24N4. The largest absolute Gasteiger partial charge is 0.378 e. The van der Waals surface area contributed by atoms with Crippen molar-refractivity contribution < 1.29 is 0 Å². The molecule has 0 spiro atoms. The Morgan fingerprint density at radius 2 is 2.10 bits per heavy atom. The van der Waals surface area contributed by atoms with E-state index in [0.717, 1.165) is 25.3 Å². The molecule has 0 unspecified atom stereocenters. The highest BCUT2D eigenvalue weighted by Gasteiger charge is 2.04. The van der Waals surface area contributed by atoms with Gasteiger partial charge in [-0.05, 0) is 37.1 Å². The topological polar surface area (TPSA) is 33.1 Å². The lowest BCUT2D eigenvalue weighted by molar-refractivity contribution is 0.644. The number of nitrogens with one attached hydrogen (secondary N) is 1. The summed E-state index contributed by atoms with van der Waals surface area (Å²) in [4.78, 5) is 6.53. The second-order valence-corrected chi connectivity index (χ2v) is 5.28. The van der Waals surface area contributed by atoms with Crippen LogP contribution in [-0.2, 0) is 13.1 Å². The van der Waals surface area contributed by atoms with Crippen molar-refractivity contribution in [1.82, 2.24) is 9.55 Å². The van der Waals surface area contributed by atoms with Crippen molar-refractivity contribution in [2.24, 2.45) is 0 Å². The molecule has 4 heteroatoms. The third-order valence-electron chi connectivity index (χ3n) is 3.43. The average Bonchev–Trinajstić information content (AvgIpc) is 2.85. The Morgan fingerprint density at radius 3 is 2.75 bits per heavy atom. The fourth-order valence-corrected chi connectivity index (χ4v) is 2.25. The summed E-state index contributed by atoms with van der Waals surface area (Å²) in [6.07, 6.45) is 5.04. The van der Waals surface area contributed by atoms with E-state index in [-0.39, 0.29) is 0 Å². The first kappa shape index (κ1) is 14.4. The lowest BCUT2D eigenvalue weighted by Crippen LogP contribution is -2.11. The summed E-state index contributed by atoms with van der Waals surface area (Å²) in [7, 11) is 4.12. The molecule has 2 rings (SSSR count). The van der Waals surface area contributed by atoms with Crippen LogP contribution in [0.1, 0.15) is 24.7 Å². The van der Waals surface area contributed by atoms with Crippen molar-refractivity contribution in [3.05, 3.63) is 42.0 Å². The van der Waals surface area contributed by atoms with Gasteiger partial charge >= 0.3 is 0 Å². The average molecular weight is 272 g/mol. The molecule has 1 aromatic heterocycles. The van der Waals surface area contributed by atoms with E-state index in [1.54, 1.807) is 0 Å². The normalized spacial score (nSPS) is 10.6. The van der Waals surface area contributed by atoms with Gasteiger partial charge in [0.05, 0.1) is 6.54 Å². The van der Waals surface area contributed by atoms with Gasteiger partial charge in [-0.1, -0.05) is 6.92 Å². The van der Waals surface area contributed by atoms with E-state index >= 15 is 0 Å². The van der Waals surface area contributed by atoms with Crippen LogP contribution in [0.2, 0.25) is 0 Å². The van der Waals surface area contributed by atoms with Crippen molar-refractivity contribution >= 4 is 11.4 Å². The van der Waals surface area contributed by atoms with E-state index in [1.807, 2.05) is 12.4 Å². The first-order chi connectivity index (χ1) is 9.61. The van der Waals surface area contributed by atoms with Gasteiger partial charge in [-0.2, -0.15) is 0 Å². The van der Waals surface area contributed by atoms with Crippen LogP contribution >= 0.6 is 0 Å². The highest BCUT2D eigenvalue weighted by molar-refractivity contribution is 5.59. The highest BCUT2D eigenvalue weighted by Crippen LogP contribution is 2.21. The highest BCUT2D eigenvalue weighted by atomic mass is 15.1. The van der Waals surface area contributed by atoms with Crippen LogP contribution in [0.3, 0.4) is 0 Å². The second-order valence-electron chi connectivity index (χ2n) is 5.28. The predicted octanol–water partition coefficient (Wildman–Crippen LogP) is 3.28. The smallest absolute Gasteiger partial charge is 0.128 e. The molecule has 108 valence electrons. The van der Waals surface area contributed by atoms with E-state index in [1.165, 1.54) is 16.9 Å². The lowest BCUT2D eigenvalue weighted by atomic mass is 10.1. The Labute approximate surface area is 121 Å². The molecule has 0 saturated carbocycles. The molecule has 2 aromatic rings. The van der Waals surface area contributed by atoms with Gasteiger partial charge in [-0.25, -0.2) is 4.98 Å². The standard InChI is InChI=1S/C16H24N4/c1-5-9-20-10-8-17-16(20)12-18-15-7-6-14(19(3)4)11-13(15)2/h6-8,10-11,18H,5,9,12H2,1-4H3. The third-order valence-corrected chi connectivity index (χ3v) is 3.43. The number of rotatable bonds is 6. The van der Waals surface area contributed by atoms with Crippen molar-refractivity contribution in [3.63, 3.8) is 0 Å². The molecule has 0 fully saturated rings. The number of aromatic nitrogens is 2. The molecule has 1 aromatic carbocycles. The molecule has 0 aliphatic carbocycles. The molecule has 20 heavy (non-hydrogen) atoms. The number of hydrogen-bond acceptors (Lipinski definition) is 3. The summed E-state index contributed by atoms with van der Waals surface area (Å²) in [5.41, 5.74) is 3.65. The predicted molar refractivity (Wildman–Crippen MR) is 85.4 cm³/mol. The second kappa shape index (κ2) is 6.46. The zero-order valence-electron chi connectivity index (χ0n) is 12.8. The van der Waals surface area contributed by atoms with Gasteiger partial charge in [0.15, 0.2) is 0 Å². The van der Waals surface area contributed by atoms with Crippen LogP contribution in [-0.4, -0.2) is 23.6 Å². The lowest BCUT2D eigenvalue weighted by Gasteiger charge is -2.16. The van der Waals surface area contributed by atoms with Crippen LogP contribution in [0, 0.1) is 6.92 Å². The molecule has 1 heterocycles. The van der Waals surface area contributed by atoms with Gasteiger partial charge in [-0.15, -0.1) is 0 Å². The number of benzene rings is 1. The van der Waals surface area contributed by atoms with Crippen LogP contribution in [0.25, 0.3) is 0 Å². The Balaban J connectivity index is 2.05. The Kier molecular flexibility index (Phi) is 4.66. The van der Waals surface area contributed by atoms with Crippen molar-refractivity contribution in [2.75, 3.05) is 24.3 Å². The van der Waals surface area contributed by atoms with Gasteiger partial charge in [0, 0.05) is 44.4 Å². The van der Waals surface area contributed by atoms with Crippen molar-refractivity contribution in [1.29, 1.82) is 0 Å². The molecule has 0 bridgehead atoms. The zero-order chi connectivity index (χ0) is 14.5. The number of hydrogen-bond donors (Lipinski definition) is 1. The summed E-state index contributed by atoms with van der Waals surface area (Å²) in [6, 6.07) is 6.46. The third kappa shape index (κ3) is 3.32. The Hall–Kier alpha value is -1.97. The minimum absolute atomic E-state index is 0.759. The SMILES string of the molecule is CCCn1ccnc1CNc1ccc(N(C)C)cc1C. The maximum Gasteiger partial charge on any atom is 0.128 e. The Bertz CT molecular complexity index is 557. The summed E-state index contributed by atoms with van der Waals surface area (Å²) < 4.78 is 2.20. The molecule has 0 saturated heterocycles. The molecule has 0 aliphatic rings. The molecule has 0 radical (unpaired) electrons. The molecule has 0 atom stereocenters. The first-order valence-corrected chi connectivity index (χ1v) is 7.13. The van der Waals surface area contributed by atoms with Crippen LogP contribution in [0.5, 0.6) is 0 Å². The molecule has 0 aliphatic heterocycles. The minimum atomic E-state index is 0.759. The number of imidazole rings is 1. The molecule has 4 nitrogen and oxygen atoms in total. The number of nitrogens with zero attached hydrogens (tertiary/aromatic N) is 3. The fourth-order valence-electron chi connectivity index (χ4n) is 2.25. The summed E-state index contributed by atoms with van der Waals surface area (Å²) in [5, 5.41) is 3.48. The van der Waals surface area contributed by atoms with Gasteiger partial charge in [0.1, 0.15) is 5.82 Å². The fraction of sp³-hybridized carbons (Fsp3) is 0.438. The quantitative estimate of drug-likeness (QED) is 0.876. The summed E-state index contributed by atoms with van der Waals surface area (Å²) in [6.45, 7) is 6.10. The van der Waals surface area contributed by atoms with Crippen LogP contribution in [0.15, 0.2) is 30.6 Å². The van der Waals surface area contributed by atoms with E-state index in [4.69, 9.17) is 0 Å². The Morgan fingerprint density at radius 1 is 1.30 bits per heavy atom. The zero-order valence-corrected chi connectivity index (χ0v) is 12.8. The van der Waals surface area contributed by atoms with E-state index in [0.29, 0.717) is 0 Å². The summed E-state index contributed by atoms with van der Waals surface area (Å²) >= 11 is 0. The monoisotopic (exact) mass is 272 g/mol. The summed E-state index contributed by atoms with van der Waals surface area (Å²) in [5.74, 6) is 1.09. The molecular weight excluding hydrogens is 248 g/mol. The maximum absolute atomic E-state index is 4.42. The maximum atomic E-state index is 4.42. The van der Waals surface area contributed by atoms with E-state index < -0.39 is 0 Å². The van der Waals surface area contributed by atoms with E-state index in [9.17, 15) is 0 Å². The first-order valence-electron chi connectivity index (χ1n) is 7.13. The minimum Gasteiger partial charge on any atom is -0.378 e. The number of aryl methyl sites for hydroxylation is 2. The van der Waals surface area contributed by atoms with Crippen LogP contribution in [0.4, 0.5) is 11.4 Å². The van der Waals surface area contributed by atoms with Gasteiger partial charge in [-0.3, -0.25) is 0 Å². The van der Waals surface area contributed by atoms with Crippen molar-refractivity contribution in [2.45, 2.75) is 33.4 Å². The number of anilines is 2. The van der Waals surface area contributed by atoms with Crippen LogP contribution < -0.4 is 10.2 Å². The van der Waals surface area contributed by atoms with E-state index in [2.05, 4.69) is 65.9 Å². The van der Waals surface area contributed by atoms with Gasteiger partial charge < -0.3 is 14.8 Å².